The van der Waals surface area contributed by atoms with Gasteiger partial charge in [0.15, 0.2) is 23.0 Å². The summed E-state index contributed by atoms with van der Waals surface area (Å²) in [6.45, 7) is 5.81. The van der Waals surface area contributed by atoms with Crippen LogP contribution in [0, 0.1) is 23.0 Å². The average Bonchev–Trinajstić information content (AvgIpc) is 3.17. The van der Waals surface area contributed by atoms with Crippen LogP contribution in [0.2, 0.25) is 0 Å². The number of fused-ring (bicyclic) bond motifs is 1. The molecule has 4 rings (SSSR count). The lowest BCUT2D eigenvalue weighted by Crippen LogP contribution is -2.60. The molecule has 1 N–H and O–H groups in total. The van der Waals surface area contributed by atoms with Gasteiger partial charge in [0.1, 0.15) is 6.10 Å². The van der Waals surface area contributed by atoms with Gasteiger partial charge in [-0.3, -0.25) is 4.79 Å². The van der Waals surface area contributed by atoms with Gasteiger partial charge in [-0.25, -0.2) is 8.78 Å². The molecule has 192 valence electrons. The third-order valence-corrected chi connectivity index (χ3v) is 6.49. The molecular weight excluding hydrogens is 470 g/mol. The topological polar surface area (TPSA) is 89.8 Å². The highest BCUT2D eigenvalue weighted by atomic mass is 19.2. The van der Waals surface area contributed by atoms with Gasteiger partial charge in [-0.15, -0.1) is 0 Å². The maximum Gasteiger partial charge on any atom is 0.252 e. The lowest BCUT2D eigenvalue weighted by atomic mass is 9.78. The van der Waals surface area contributed by atoms with Crippen LogP contribution in [0.25, 0.3) is 0 Å². The molecule has 2 aromatic carbocycles. The van der Waals surface area contributed by atoms with E-state index in [4.69, 9.17) is 18.9 Å². The maximum absolute atomic E-state index is 13.7. The van der Waals surface area contributed by atoms with Gasteiger partial charge in [0.2, 0.25) is 0 Å². The molecule has 1 heterocycles. The van der Waals surface area contributed by atoms with Crippen molar-refractivity contribution < 1.29 is 32.5 Å². The first-order chi connectivity index (χ1) is 17.2. The molecule has 2 fully saturated rings. The highest BCUT2D eigenvalue weighted by Crippen LogP contribution is 2.44. The SMILES string of the molecule is CCNC(=O)[C@@]1(OCc2ccccc2C#N)CC(OCc2ccc(F)c(F)c2)[C@@H]2OC(C)(C)O[C@@H]2C1. The van der Waals surface area contributed by atoms with Crippen LogP contribution in [-0.2, 0) is 37.0 Å². The molecule has 0 spiro atoms. The van der Waals surface area contributed by atoms with E-state index in [0.717, 1.165) is 12.1 Å². The van der Waals surface area contributed by atoms with Crippen LogP contribution < -0.4 is 5.32 Å². The second-order valence-electron chi connectivity index (χ2n) is 9.56. The summed E-state index contributed by atoms with van der Waals surface area (Å²) in [5.41, 5.74) is 0.253. The van der Waals surface area contributed by atoms with Gasteiger partial charge in [-0.05, 0) is 50.1 Å². The standard InChI is InChI=1S/C27H30F2N2O5/c1-4-31-25(32)27(34-16-19-8-6-5-7-18(19)14-30)12-22(24-23(13-27)35-26(2,3)36-24)33-15-17-9-10-20(28)21(29)11-17/h5-11,22-24H,4,12-13,15-16H2,1-3H3,(H,31,32)/t22?,23-,24+,27-/m1/s1. The van der Waals surface area contributed by atoms with Gasteiger partial charge in [0, 0.05) is 19.4 Å². The Balaban J connectivity index is 1.61. The molecule has 36 heavy (non-hydrogen) atoms. The van der Waals surface area contributed by atoms with Gasteiger partial charge in [0.25, 0.3) is 5.91 Å². The first kappa shape index (κ1) is 26.2. The second kappa shape index (κ2) is 10.6. The molecule has 2 aromatic rings. The molecule has 1 aliphatic heterocycles. The number of carbonyl (C=O) groups is 1. The molecule has 0 bridgehead atoms. The van der Waals surface area contributed by atoms with Gasteiger partial charge < -0.3 is 24.3 Å². The molecule has 1 unspecified atom stereocenters. The van der Waals surface area contributed by atoms with Crippen molar-refractivity contribution in [3.8, 4) is 6.07 Å². The van der Waals surface area contributed by atoms with E-state index in [1.807, 2.05) is 6.92 Å². The normalized spacial score (nSPS) is 26.7. The summed E-state index contributed by atoms with van der Waals surface area (Å²) in [6.07, 6.45) is -1.24. The van der Waals surface area contributed by atoms with E-state index >= 15 is 0 Å². The zero-order valence-corrected chi connectivity index (χ0v) is 20.6. The largest absolute Gasteiger partial charge is 0.371 e. The first-order valence-corrected chi connectivity index (χ1v) is 12.0. The van der Waals surface area contributed by atoms with Crippen molar-refractivity contribution in [2.24, 2.45) is 0 Å². The van der Waals surface area contributed by atoms with Crippen molar-refractivity contribution in [3.63, 3.8) is 0 Å². The summed E-state index contributed by atoms with van der Waals surface area (Å²) in [5.74, 6) is -3.11. The Hall–Kier alpha value is -2.90. The third-order valence-electron chi connectivity index (χ3n) is 6.49. The molecule has 1 saturated heterocycles. The monoisotopic (exact) mass is 500 g/mol. The zero-order chi connectivity index (χ0) is 25.9. The van der Waals surface area contributed by atoms with Crippen LogP contribution in [-0.4, -0.2) is 42.2 Å². The molecule has 2 aliphatic rings. The number of ether oxygens (including phenoxy) is 4. The molecule has 9 heteroatoms. The van der Waals surface area contributed by atoms with Crippen molar-refractivity contribution in [2.75, 3.05) is 6.54 Å². The lowest BCUT2D eigenvalue weighted by molar-refractivity contribution is -0.183. The van der Waals surface area contributed by atoms with E-state index in [9.17, 15) is 18.8 Å². The first-order valence-electron chi connectivity index (χ1n) is 12.0. The van der Waals surface area contributed by atoms with E-state index < -0.39 is 41.3 Å². The maximum atomic E-state index is 13.7. The Morgan fingerprint density at radius 1 is 1.14 bits per heavy atom. The predicted molar refractivity (Wildman–Crippen MR) is 125 cm³/mol. The van der Waals surface area contributed by atoms with Crippen LogP contribution in [0.3, 0.4) is 0 Å². The number of amides is 1. The van der Waals surface area contributed by atoms with E-state index in [0.29, 0.717) is 23.2 Å². The van der Waals surface area contributed by atoms with Gasteiger partial charge >= 0.3 is 0 Å². The van der Waals surface area contributed by atoms with Crippen LogP contribution in [0.15, 0.2) is 42.5 Å². The van der Waals surface area contributed by atoms with Crippen LogP contribution in [0.4, 0.5) is 8.78 Å². The number of hydrogen-bond acceptors (Lipinski definition) is 6. The number of carbonyl (C=O) groups excluding carboxylic acids is 1. The minimum atomic E-state index is -1.32. The van der Waals surface area contributed by atoms with Crippen molar-refractivity contribution in [1.29, 1.82) is 5.26 Å². The molecule has 0 aromatic heterocycles. The lowest BCUT2D eigenvalue weighted by Gasteiger charge is -2.43. The fourth-order valence-corrected chi connectivity index (χ4v) is 4.83. The van der Waals surface area contributed by atoms with E-state index in [1.54, 1.807) is 38.1 Å². The Labute approximate surface area is 209 Å². The van der Waals surface area contributed by atoms with E-state index in [-0.39, 0.29) is 32.0 Å². The molecule has 1 saturated carbocycles. The Morgan fingerprint density at radius 2 is 1.92 bits per heavy atom. The predicted octanol–water partition coefficient (Wildman–Crippen LogP) is 4.13. The highest BCUT2D eigenvalue weighted by Gasteiger charge is 2.58. The van der Waals surface area contributed by atoms with Crippen LogP contribution in [0.1, 0.15) is 50.3 Å². The Kier molecular flexibility index (Phi) is 7.71. The quantitative estimate of drug-likeness (QED) is 0.586. The molecule has 7 nitrogen and oxygen atoms in total. The van der Waals surface area contributed by atoms with E-state index in [2.05, 4.69) is 11.4 Å². The minimum Gasteiger partial charge on any atom is -0.371 e. The fourth-order valence-electron chi connectivity index (χ4n) is 4.83. The number of nitrogens with one attached hydrogen (secondary N) is 1. The summed E-state index contributed by atoms with van der Waals surface area (Å²) < 4.78 is 51.8. The molecule has 1 amide bonds. The second-order valence-corrected chi connectivity index (χ2v) is 9.56. The summed E-state index contributed by atoms with van der Waals surface area (Å²) >= 11 is 0. The number of benzene rings is 2. The number of halogens is 2. The minimum absolute atomic E-state index is 0.0163. The molecule has 1 aliphatic carbocycles. The summed E-state index contributed by atoms with van der Waals surface area (Å²) in [6, 6.07) is 12.8. The summed E-state index contributed by atoms with van der Waals surface area (Å²) in [5, 5.41) is 12.3. The smallest absolute Gasteiger partial charge is 0.252 e. The summed E-state index contributed by atoms with van der Waals surface area (Å²) in [4.78, 5) is 13.4. The van der Waals surface area contributed by atoms with Gasteiger partial charge in [-0.1, -0.05) is 24.3 Å². The Morgan fingerprint density at radius 3 is 2.64 bits per heavy atom. The third kappa shape index (κ3) is 5.57. The number of nitriles is 1. The van der Waals surface area contributed by atoms with Crippen molar-refractivity contribution >= 4 is 5.91 Å². The van der Waals surface area contributed by atoms with Gasteiger partial charge in [0.05, 0.1) is 37.1 Å². The molecule has 4 atom stereocenters. The van der Waals surface area contributed by atoms with Crippen LogP contribution in [0.5, 0.6) is 0 Å². The van der Waals surface area contributed by atoms with Crippen molar-refractivity contribution in [3.05, 3.63) is 70.8 Å². The van der Waals surface area contributed by atoms with E-state index in [1.165, 1.54) is 6.07 Å². The Bertz CT molecular complexity index is 1150. The zero-order valence-electron chi connectivity index (χ0n) is 20.6. The fraction of sp³-hybridized carbons (Fsp3) is 0.481. The number of likely N-dealkylation sites (N-methyl/N-ethyl adjacent to an activating group) is 1. The molecular formula is C27H30F2N2O5. The van der Waals surface area contributed by atoms with Gasteiger partial charge in [-0.2, -0.15) is 5.26 Å². The number of nitrogens with zero attached hydrogens (tertiary/aromatic N) is 1. The molecule has 0 radical (unpaired) electrons. The highest BCUT2D eigenvalue weighted by molar-refractivity contribution is 5.85. The van der Waals surface area contributed by atoms with Crippen LogP contribution >= 0.6 is 0 Å². The average molecular weight is 501 g/mol. The summed E-state index contributed by atoms with van der Waals surface area (Å²) in [7, 11) is 0. The van der Waals surface area contributed by atoms with Crippen molar-refractivity contribution in [2.45, 2.75) is 76.5 Å². The number of hydrogen-bond donors (Lipinski definition) is 1. The number of rotatable bonds is 8. The van der Waals surface area contributed by atoms with Crippen molar-refractivity contribution in [1.82, 2.24) is 5.32 Å².